The average molecular weight is 368 g/mol. The predicted octanol–water partition coefficient (Wildman–Crippen LogP) is 2.26. The second-order valence-electron chi connectivity index (χ2n) is 7.35. The number of imidazole rings is 1. The SMILES string of the molecule is Cc1ccc(C(=O)NC2CC2)cc1-n1cnc(C(=O)C2CCOCC2)c1N. The van der Waals surface area contributed by atoms with Crippen LogP contribution in [-0.4, -0.2) is 40.5 Å². The van der Waals surface area contributed by atoms with Gasteiger partial charge in [0.2, 0.25) is 0 Å². The Morgan fingerprint density at radius 2 is 1.96 bits per heavy atom. The standard InChI is InChI=1S/C20H24N4O3/c1-12-2-3-14(20(26)23-15-4-5-15)10-16(12)24-11-22-17(19(24)21)18(25)13-6-8-27-9-7-13/h2-3,10-11,13,15H,4-9,21H2,1H3,(H,23,26). The molecule has 0 spiro atoms. The summed E-state index contributed by atoms with van der Waals surface area (Å²) >= 11 is 0. The van der Waals surface area contributed by atoms with E-state index in [9.17, 15) is 9.59 Å². The minimum atomic E-state index is -0.0962. The molecule has 0 radical (unpaired) electrons. The number of carbonyl (C=O) groups is 2. The van der Waals surface area contributed by atoms with Gasteiger partial charge in [0, 0.05) is 30.7 Å². The zero-order chi connectivity index (χ0) is 19.0. The molecule has 1 aliphatic heterocycles. The summed E-state index contributed by atoms with van der Waals surface area (Å²) in [7, 11) is 0. The van der Waals surface area contributed by atoms with Gasteiger partial charge in [0.1, 0.15) is 17.8 Å². The maximum absolute atomic E-state index is 12.8. The number of hydrogen-bond acceptors (Lipinski definition) is 5. The van der Waals surface area contributed by atoms with Crippen LogP contribution < -0.4 is 11.1 Å². The van der Waals surface area contributed by atoms with Gasteiger partial charge in [-0.25, -0.2) is 4.98 Å². The molecule has 2 heterocycles. The summed E-state index contributed by atoms with van der Waals surface area (Å²) in [5, 5.41) is 2.99. The van der Waals surface area contributed by atoms with E-state index in [2.05, 4.69) is 10.3 Å². The van der Waals surface area contributed by atoms with Gasteiger partial charge in [-0.3, -0.25) is 14.2 Å². The molecule has 27 heavy (non-hydrogen) atoms. The molecule has 1 saturated heterocycles. The van der Waals surface area contributed by atoms with Gasteiger partial charge >= 0.3 is 0 Å². The summed E-state index contributed by atoms with van der Waals surface area (Å²) in [5.41, 5.74) is 8.86. The number of ketones is 1. The second-order valence-corrected chi connectivity index (χ2v) is 7.35. The first-order valence-corrected chi connectivity index (χ1v) is 9.41. The molecule has 1 saturated carbocycles. The van der Waals surface area contributed by atoms with Gasteiger partial charge in [0.25, 0.3) is 5.91 Å². The van der Waals surface area contributed by atoms with Crippen molar-refractivity contribution in [2.45, 2.75) is 38.6 Å². The van der Waals surface area contributed by atoms with E-state index in [0.29, 0.717) is 49.2 Å². The van der Waals surface area contributed by atoms with Crippen molar-refractivity contribution in [3.8, 4) is 5.69 Å². The normalized spacial score (nSPS) is 17.7. The average Bonchev–Trinajstić information content (AvgIpc) is 3.42. The Balaban J connectivity index is 1.62. The number of anilines is 1. The summed E-state index contributed by atoms with van der Waals surface area (Å²) in [6, 6.07) is 5.78. The van der Waals surface area contributed by atoms with E-state index >= 15 is 0 Å². The molecule has 1 amide bonds. The number of hydrogen-bond donors (Lipinski definition) is 2. The Kier molecular flexibility index (Phi) is 4.70. The molecule has 0 atom stereocenters. The minimum Gasteiger partial charge on any atom is -0.383 e. The predicted molar refractivity (Wildman–Crippen MR) is 101 cm³/mol. The highest BCUT2D eigenvalue weighted by Crippen LogP contribution is 2.26. The third kappa shape index (κ3) is 3.60. The summed E-state index contributed by atoms with van der Waals surface area (Å²) in [5.74, 6) is 0.0984. The lowest BCUT2D eigenvalue weighted by Crippen LogP contribution is -2.25. The van der Waals surface area contributed by atoms with E-state index in [-0.39, 0.29) is 17.6 Å². The minimum absolute atomic E-state index is 0.0326. The number of nitrogens with one attached hydrogen (secondary N) is 1. The first-order chi connectivity index (χ1) is 13.0. The van der Waals surface area contributed by atoms with E-state index in [4.69, 9.17) is 10.5 Å². The van der Waals surface area contributed by atoms with Crippen LogP contribution in [-0.2, 0) is 4.74 Å². The third-order valence-electron chi connectivity index (χ3n) is 5.27. The quantitative estimate of drug-likeness (QED) is 0.789. The van der Waals surface area contributed by atoms with Gasteiger partial charge in [-0.15, -0.1) is 0 Å². The molecule has 1 aromatic heterocycles. The number of nitrogens with two attached hydrogens (primary N) is 1. The molecule has 1 aliphatic carbocycles. The molecule has 4 rings (SSSR count). The van der Waals surface area contributed by atoms with Crippen molar-refractivity contribution in [1.29, 1.82) is 0 Å². The molecular formula is C20H24N4O3. The van der Waals surface area contributed by atoms with Crippen molar-refractivity contribution in [3.63, 3.8) is 0 Å². The monoisotopic (exact) mass is 368 g/mol. The van der Waals surface area contributed by atoms with Crippen molar-refractivity contribution in [1.82, 2.24) is 14.9 Å². The number of aryl methyl sites for hydroxylation is 1. The van der Waals surface area contributed by atoms with E-state index in [0.717, 1.165) is 24.1 Å². The zero-order valence-electron chi connectivity index (χ0n) is 15.4. The van der Waals surface area contributed by atoms with Crippen molar-refractivity contribution in [2.24, 2.45) is 5.92 Å². The zero-order valence-corrected chi connectivity index (χ0v) is 15.4. The van der Waals surface area contributed by atoms with Gasteiger partial charge in [-0.05, 0) is 50.3 Å². The molecule has 142 valence electrons. The van der Waals surface area contributed by atoms with Crippen LogP contribution in [0.25, 0.3) is 5.69 Å². The molecule has 2 aromatic rings. The Hall–Kier alpha value is -2.67. The number of benzene rings is 1. The number of nitrogen functional groups attached to an aromatic ring is 1. The highest BCUT2D eigenvalue weighted by Gasteiger charge is 2.28. The Labute approximate surface area is 157 Å². The van der Waals surface area contributed by atoms with Crippen molar-refractivity contribution >= 4 is 17.5 Å². The van der Waals surface area contributed by atoms with Gasteiger partial charge in [0.05, 0.1) is 5.69 Å². The van der Waals surface area contributed by atoms with Crippen LogP contribution in [0.4, 0.5) is 5.82 Å². The number of amides is 1. The first kappa shape index (κ1) is 17.7. The molecule has 2 aliphatic rings. The maximum Gasteiger partial charge on any atom is 0.251 e. The first-order valence-electron chi connectivity index (χ1n) is 9.41. The Morgan fingerprint density at radius 1 is 1.22 bits per heavy atom. The molecular weight excluding hydrogens is 344 g/mol. The maximum atomic E-state index is 12.8. The lowest BCUT2D eigenvalue weighted by Gasteiger charge is -2.20. The second kappa shape index (κ2) is 7.15. The van der Waals surface area contributed by atoms with E-state index < -0.39 is 0 Å². The molecule has 3 N–H and O–H groups in total. The summed E-state index contributed by atoms with van der Waals surface area (Å²) in [6.45, 7) is 3.12. The van der Waals surface area contributed by atoms with Crippen LogP contribution in [0.2, 0.25) is 0 Å². The van der Waals surface area contributed by atoms with Gasteiger partial charge in [-0.2, -0.15) is 0 Å². The fourth-order valence-electron chi connectivity index (χ4n) is 3.40. The number of ether oxygens (including phenoxy) is 1. The highest BCUT2D eigenvalue weighted by molar-refractivity contribution is 6.00. The van der Waals surface area contributed by atoms with Crippen LogP contribution >= 0.6 is 0 Å². The molecule has 7 heteroatoms. The van der Waals surface area contributed by atoms with Crippen molar-refractivity contribution in [3.05, 3.63) is 41.3 Å². The summed E-state index contributed by atoms with van der Waals surface area (Å²) in [6.07, 6.45) is 5.03. The molecule has 7 nitrogen and oxygen atoms in total. The number of Topliss-reactive ketones (excluding diaryl/α,β-unsaturated/α-hetero) is 1. The van der Waals surface area contributed by atoms with Gasteiger partial charge in [-0.1, -0.05) is 6.07 Å². The van der Waals surface area contributed by atoms with Crippen LogP contribution in [0.15, 0.2) is 24.5 Å². The lowest BCUT2D eigenvalue weighted by molar-refractivity contribution is 0.0542. The van der Waals surface area contributed by atoms with E-state index in [1.807, 2.05) is 13.0 Å². The third-order valence-corrected chi connectivity index (χ3v) is 5.27. The number of nitrogens with zero attached hydrogens (tertiary/aromatic N) is 2. The summed E-state index contributed by atoms with van der Waals surface area (Å²) < 4.78 is 7.02. The largest absolute Gasteiger partial charge is 0.383 e. The summed E-state index contributed by atoms with van der Waals surface area (Å²) in [4.78, 5) is 29.4. The smallest absolute Gasteiger partial charge is 0.251 e. The highest BCUT2D eigenvalue weighted by atomic mass is 16.5. The van der Waals surface area contributed by atoms with Crippen molar-refractivity contribution < 1.29 is 14.3 Å². The van der Waals surface area contributed by atoms with Crippen LogP contribution in [0, 0.1) is 12.8 Å². The molecule has 1 aromatic carbocycles. The number of rotatable bonds is 5. The molecule has 2 fully saturated rings. The Bertz CT molecular complexity index is 879. The number of aromatic nitrogens is 2. The molecule has 0 unspecified atom stereocenters. The van der Waals surface area contributed by atoms with Crippen LogP contribution in [0.1, 0.15) is 52.1 Å². The Morgan fingerprint density at radius 3 is 2.67 bits per heavy atom. The molecule has 0 bridgehead atoms. The fourth-order valence-corrected chi connectivity index (χ4v) is 3.40. The van der Waals surface area contributed by atoms with Gasteiger partial charge in [0.15, 0.2) is 5.78 Å². The lowest BCUT2D eigenvalue weighted by atomic mass is 9.93. The fraction of sp³-hybridized carbons (Fsp3) is 0.450. The van der Waals surface area contributed by atoms with Crippen LogP contribution in [0.3, 0.4) is 0 Å². The van der Waals surface area contributed by atoms with Crippen LogP contribution in [0.5, 0.6) is 0 Å². The van der Waals surface area contributed by atoms with E-state index in [1.165, 1.54) is 0 Å². The van der Waals surface area contributed by atoms with E-state index in [1.54, 1.807) is 23.0 Å². The van der Waals surface area contributed by atoms with Crippen molar-refractivity contribution in [2.75, 3.05) is 18.9 Å². The topological polar surface area (TPSA) is 99.2 Å². The van der Waals surface area contributed by atoms with Gasteiger partial charge < -0.3 is 15.8 Å². The number of carbonyl (C=O) groups excluding carboxylic acids is 2.